The number of nitrogens with one attached hydrogen (secondary N) is 1. The summed E-state index contributed by atoms with van der Waals surface area (Å²) in [6.07, 6.45) is 1.84. The normalized spacial score (nSPS) is 15.2. The van der Waals surface area contributed by atoms with Gasteiger partial charge >= 0.3 is 0 Å². The Morgan fingerprint density at radius 1 is 1.17 bits per heavy atom. The largest absolute Gasteiger partial charge is 0.496 e. The van der Waals surface area contributed by atoms with E-state index in [2.05, 4.69) is 11.6 Å². The van der Waals surface area contributed by atoms with E-state index in [1.807, 2.05) is 0 Å². The van der Waals surface area contributed by atoms with Gasteiger partial charge in [-0.1, -0.05) is 36.2 Å². The lowest BCUT2D eigenvalue weighted by atomic mass is 9.98. The lowest BCUT2D eigenvalue weighted by molar-refractivity contribution is 0.0693. The average molecular weight is 457 g/mol. The van der Waals surface area contributed by atoms with Crippen LogP contribution in [-0.2, 0) is 10.0 Å². The molecule has 1 aliphatic rings. The molecule has 6 nitrogen and oxygen atoms in total. The van der Waals surface area contributed by atoms with Crippen LogP contribution in [-0.4, -0.2) is 39.4 Å². The lowest BCUT2D eigenvalue weighted by Gasteiger charge is -2.30. The van der Waals surface area contributed by atoms with Gasteiger partial charge in [-0.3, -0.25) is 9.52 Å². The van der Waals surface area contributed by atoms with Crippen LogP contribution in [0.4, 0.5) is 5.69 Å². The fourth-order valence-corrected chi connectivity index (χ4v) is 4.69. The molecule has 0 aliphatic carbocycles. The lowest BCUT2D eigenvalue weighted by Crippen LogP contribution is -2.38. The Balaban J connectivity index is 1.93. The zero-order chi connectivity index (χ0) is 21.2. The van der Waals surface area contributed by atoms with Crippen LogP contribution >= 0.6 is 23.2 Å². The number of sulfonamides is 1. The topological polar surface area (TPSA) is 75.7 Å². The number of hydrogen-bond acceptors (Lipinski definition) is 4. The van der Waals surface area contributed by atoms with E-state index >= 15 is 0 Å². The van der Waals surface area contributed by atoms with E-state index in [0.717, 1.165) is 12.8 Å². The summed E-state index contributed by atoms with van der Waals surface area (Å²) in [7, 11) is -2.55. The van der Waals surface area contributed by atoms with Crippen molar-refractivity contribution in [3.8, 4) is 5.75 Å². The minimum atomic E-state index is -3.99. The maximum Gasteiger partial charge on any atom is 0.261 e. The van der Waals surface area contributed by atoms with Gasteiger partial charge in [-0.05, 0) is 49.1 Å². The molecule has 3 rings (SSSR count). The molecule has 1 saturated heterocycles. The van der Waals surface area contributed by atoms with Gasteiger partial charge in [0.05, 0.1) is 33.3 Å². The molecule has 1 heterocycles. The molecule has 0 radical (unpaired) electrons. The Bertz CT molecular complexity index is 1020. The first kappa shape index (κ1) is 21.7. The van der Waals surface area contributed by atoms with Crippen LogP contribution in [0.25, 0.3) is 0 Å². The van der Waals surface area contributed by atoms with Crippen LogP contribution in [0.2, 0.25) is 10.0 Å². The minimum Gasteiger partial charge on any atom is -0.496 e. The molecule has 0 bridgehead atoms. The number of nitrogens with zero attached hydrogens (tertiary/aromatic N) is 1. The number of ether oxygens (including phenoxy) is 1. The number of carbonyl (C=O) groups excluding carboxylic acids is 1. The molecule has 0 saturated carbocycles. The zero-order valence-corrected chi connectivity index (χ0v) is 18.4. The first-order chi connectivity index (χ1) is 13.7. The highest BCUT2D eigenvalue weighted by Crippen LogP contribution is 2.32. The van der Waals surface area contributed by atoms with Gasteiger partial charge in [-0.15, -0.1) is 0 Å². The monoisotopic (exact) mass is 456 g/mol. The van der Waals surface area contributed by atoms with Crippen LogP contribution in [0.3, 0.4) is 0 Å². The van der Waals surface area contributed by atoms with E-state index in [1.165, 1.54) is 31.4 Å². The zero-order valence-electron chi connectivity index (χ0n) is 16.1. The molecule has 156 valence electrons. The Kier molecular flexibility index (Phi) is 6.61. The van der Waals surface area contributed by atoms with Gasteiger partial charge in [0.25, 0.3) is 15.9 Å². The quantitative estimate of drug-likeness (QED) is 0.708. The van der Waals surface area contributed by atoms with Crippen molar-refractivity contribution in [3.63, 3.8) is 0 Å². The van der Waals surface area contributed by atoms with E-state index in [-0.39, 0.29) is 32.1 Å². The first-order valence-corrected chi connectivity index (χ1v) is 11.4. The highest BCUT2D eigenvalue weighted by Gasteiger charge is 2.26. The highest BCUT2D eigenvalue weighted by molar-refractivity contribution is 7.92. The smallest absolute Gasteiger partial charge is 0.261 e. The number of likely N-dealkylation sites (tertiary alicyclic amines) is 1. The molecular weight excluding hydrogens is 435 g/mol. The maximum absolute atomic E-state index is 13.0. The number of rotatable bonds is 5. The SMILES string of the molecule is COc1ccc(S(=O)(=O)Nc2cccc(Cl)c2Cl)cc1C(=O)N1CCC(C)CC1. The third-order valence-electron chi connectivity index (χ3n) is 4.98. The van der Waals surface area contributed by atoms with E-state index in [1.54, 1.807) is 17.0 Å². The predicted octanol–water partition coefficient (Wildman–Crippen LogP) is 4.67. The molecule has 0 unspecified atom stereocenters. The molecule has 0 aromatic heterocycles. The van der Waals surface area contributed by atoms with Gasteiger partial charge in [0, 0.05) is 13.1 Å². The van der Waals surface area contributed by atoms with E-state index in [0.29, 0.717) is 24.8 Å². The van der Waals surface area contributed by atoms with Gasteiger partial charge in [0.2, 0.25) is 0 Å². The molecular formula is C20H22Cl2N2O4S. The van der Waals surface area contributed by atoms with Crippen molar-refractivity contribution in [2.75, 3.05) is 24.9 Å². The molecule has 1 amide bonds. The predicted molar refractivity (Wildman–Crippen MR) is 115 cm³/mol. The number of hydrogen-bond donors (Lipinski definition) is 1. The Morgan fingerprint density at radius 2 is 1.86 bits per heavy atom. The Hall–Kier alpha value is -1.96. The molecule has 0 spiro atoms. The number of piperidine rings is 1. The number of amides is 1. The van der Waals surface area contributed by atoms with Crippen LogP contribution in [0.1, 0.15) is 30.1 Å². The number of benzene rings is 2. The van der Waals surface area contributed by atoms with Crippen molar-refractivity contribution >= 4 is 44.8 Å². The van der Waals surface area contributed by atoms with Crippen LogP contribution in [0, 0.1) is 5.92 Å². The Labute approximate surface area is 180 Å². The van der Waals surface area contributed by atoms with Gasteiger partial charge in [0.15, 0.2) is 0 Å². The van der Waals surface area contributed by atoms with Crippen molar-refractivity contribution in [3.05, 3.63) is 52.0 Å². The summed E-state index contributed by atoms with van der Waals surface area (Å²) in [5.41, 5.74) is 0.370. The van der Waals surface area contributed by atoms with Crippen LogP contribution in [0.15, 0.2) is 41.3 Å². The molecule has 9 heteroatoms. The summed E-state index contributed by atoms with van der Waals surface area (Å²) in [5.74, 6) is 0.652. The average Bonchev–Trinajstić information content (AvgIpc) is 2.71. The summed E-state index contributed by atoms with van der Waals surface area (Å²) < 4.78 is 33.5. The third kappa shape index (κ3) is 4.79. The van der Waals surface area contributed by atoms with Gasteiger partial charge in [0.1, 0.15) is 5.75 Å². The van der Waals surface area contributed by atoms with E-state index in [9.17, 15) is 13.2 Å². The van der Waals surface area contributed by atoms with Gasteiger partial charge < -0.3 is 9.64 Å². The summed E-state index contributed by atoms with van der Waals surface area (Å²) >= 11 is 12.0. The summed E-state index contributed by atoms with van der Waals surface area (Å²) in [6.45, 7) is 3.43. The molecule has 1 aliphatic heterocycles. The first-order valence-electron chi connectivity index (χ1n) is 9.17. The number of carbonyl (C=O) groups is 1. The molecule has 29 heavy (non-hydrogen) atoms. The molecule has 2 aromatic carbocycles. The van der Waals surface area contributed by atoms with Gasteiger partial charge in [-0.2, -0.15) is 0 Å². The maximum atomic E-state index is 13.0. The Morgan fingerprint density at radius 3 is 2.52 bits per heavy atom. The second-order valence-electron chi connectivity index (χ2n) is 7.04. The van der Waals surface area contributed by atoms with Crippen LogP contribution < -0.4 is 9.46 Å². The highest BCUT2D eigenvalue weighted by atomic mass is 35.5. The number of methoxy groups -OCH3 is 1. The fraction of sp³-hybridized carbons (Fsp3) is 0.350. The minimum absolute atomic E-state index is 0.0666. The van der Waals surface area contributed by atoms with Crippen LogP contribution in [0.5, 0.6) is 5.75 Å². The second-order valence-corrected chi connectivity index (χ2v) is 9.51. The van der Waals surface area contributed by atoms with Crippen molar-refractivity contribution in [2.24, 2.45) is 5.92 Å². The van der Waals surface area contributed by atoms with Crippen molar-refractivity contribution in [2.45, 2.75) is 24.7 Å². The molecule has 2 aromatic rings. The summed E-state index contributed by atoms with van der Waals surface area (Å²) in [6, 6.07) is 8.86. The summed E-state index contributed by atoms with van der Waals surface area (Å²) in [5, 5.41) is 0.335. The van der Waals surface area contributed by atoms with Crippen molar-refractivity contribution in [1.82, 2.24) is 4.90 Å². The number of halogens is 2. The molecule has 0 atom stereocenters. The fourth-order valence-electron chi connectivity index (χ4n) is 3.19. The molecule has 1 N–H and O–H groups in total. The summed E-state index contributed by atoms with van der Waals surface area (Å²) in [4.78, 5) is 14.7. The van der Waals surface area contributed by atoms with Crippen molar-refractivity contribution < 1.29 is 17.9 Å². The van der Waals surface area contributed by atoms with Gasteiger partial charge in [-0.25, -0.2) is 8.42 Å². The third-order valence-corrected chi connectivity index (χ3v) is 7.16. The van der Waals surface area contributed by atoms with Crippen molar-refractivity contribution in [1.29, 1.82) is 0 Å². The van der Waals surface area contributed by atoms with E-state index in [4.69, 9.17) is 27.9 Å². The second kappa shape index (κ2) is 8.81. The number of anilines is 1. The molecule has 1 fully saturated rings. The van der Waals surface area contributed by atoms with E-state index < -0.39 is 10.0 Å². The standard InChI is InChI=1S/C20H22Cl2N2O4S/c1-13-8-10-24(11-9-13)20(25)15-12-14(6-7-18(15)28-2)29(26,27)23-17-5-3-4-16(21)19(17)22/h3-7,12-13,23H,8-11H2,1-2H3.